The van der Waals surface area contributed by atoms with E-state index in [0.717, 1.165) is 22.5 Å². The standard InChI is InChI=1S/C30H36FN3O4S/c1-29(2,3)23-5-11-27(12-6-23)39(35,36)33-14-13-24-17-28-22(18-30(24,20-33)21-38-16-15-37-4)19-32-34(28)26-9-7-25(31)8-10-26/h5-12,17,19H,13-16,18,20-21H2,1-4H3/p+1/t30-/m1/s1. The van der Waals surface area contributed by atoms with E-state index in [0.29, 0.717) is 50.6 Å². The van der Waals surface area contributed by atoms with E-state index in [1.54, 1.807) is 35.7 Å². The van der Waals surface area contributed by atoms with E-state index in [-0.39, 0.29) is 11.2 Å². The molecule has 1 aliphatic heterocycles. The van der Waals surface area contributed by atoms with Gasteiger partial charge in [-0.05, 0) is 76.1 Å². The topological polar surface area (TPSA) is 76.8 Å². The van der Waals surface area contributed by atoms with Crippen molar-refractivity contribution in [1.29, 1.82) is 0 Å². The molecular weight excluding hydrogens is 517 g/mol. The van der Waals surface area contributed by atoms with Crippen molar-refractivity contribution in [3.8, 4) is 5.69 Å². The van der Waals surface area contributed by atoms with Crippen LogP contribution < -0.4 is 0 Å². The smallest absolute Gasteiger partial charge is 0.325 e. The first-order valence-electron chi connectivity index (χ1n) is 13.3. The van der Waals surface area contributed by atoms with Crippen LogP contribution >= 0.6 is 0 Å². The molecule has 2 aromatic carbocycles. The zero-order chi connectivity index (χ0) is 27.8. The molecule has 2 aliphatic rings. The summed E-state index contributed by atoms with van der Waals surface area (Å²) >= 11 is 0. The first kappa shape index (κ1) is 27.9. The molecule has 1 N–H and O–H groups in total. The molecule has 1 saturated heterocycles. The normalized spacial score (nSPS) is 21.1. The highest BCUT2D eigenvalue weighted by Gasteiger charge is 2.51. The quantitative estimate of drug-likeness (QED) is 0.292. The number of fused-ring (bicyclic) bond motifs is 2. The third kappa shape index (κ3) is 5.51. The molecule has 1 fully saturated rings. The van der Waals surface area contributed by atoms with Crippen molar-refractivity contribution >= 4 is 16.5 Å². The summed E-state index contributed by atoms with van der Waals surface area (Å²) in [6, 6.07) is 13.7. The van der Waals surface area contributed by atoms with Crippen LogP contribution in [0.25, 0.3) is 11.8 Å². The van der Waals surface area contributed by atoms with Crippen LogP contribution in [0.2, 0.25) is 0 Å². The first-order chi connectivity index (χ1) is 18.5. The number of benzene rings is 2. The fourth-order valence-electron chi connectivity index (χ4n) is 5.51. The maximum Gasteiger partial charge on any atom is 0.325 e. The van der Waals surface area contributed by atoms with Crippen LogP contribution in [0.1, 0.15) is 44.0 Å². The van der Waals surface area contributed by atoms with Crippen LogP contribution in [-0.2, 0) is 35.9 Å². The van der Waals surface area contributed by atoms with Crippen LogP contribution in [0.4, 0.5) is 4.39 Å². The van der Waals surface area contributed by atoms with Crippen molar-refractivity contribution in [2.45, 2.75) is 43.9 Å². The third-order valence-corrected chi connectivity index (χ3v) is 9.67. The number of aromatic nitrogens is 2. The Hall–Kier alpha value is -2.69. The zero-order valence-corrected chi connectivity index (χ0v) is 23.8. The Morgan fingerprint density at radius 1 is 1.10 bits per heavy atom. The second kappa shape index (κ2) is 10.7. The number of hydrogen-bond donors (Lipinski definition) is 1. The number of ether oxygens (including phenoxy) is 2. The summed E-state index contributed by atoms with van der Waals surface area (Å²) in [5, 5.41) is 4.61. The number of hydrogen-bond acceptors (Lipinski definition) is 4. The molecule has 2 atom stereocenters. The maximum absolute atomic E-state index is 13.9. The van der Waals surface area contributed by atoms with Gasteiger partial charge in [0.1, 0.15) is 5.82 Å². The lowest BCUT2D eigenvalue weighted by Crippen LogP contribution is -2.53. The van der Waals surface area contributed by atoms with E-state index in [1.165, 1.54) is 17.7 Å². The number of halogens is 1. The fourth-order valence-corrected chi connectivity index (χ4v) is 7.06. The molecule has 1 aliphatic carbocycles. The molecule has 9 heteroatoms. The van der Waals surface area contributed by atoms with Crippen LogP contribution in [0.15, 0.2) is 65.2 Å². The predicted molar refractivity (Wildman–Crippen MR) is 151 cm³/mol. The Bertz CT molecular complexity index is 1400. The van der Waals surface area contributed by atoms with Gasteiger partial charge in [0.2, 0.25) is 4.90 Å². The van der Waals surface area contributed by atoms with Gasteiger partial charge in [0.15, 0.2) is 0 Å². The Morgan fingerprint density at radius 3 is 2.49 bits per heavy atom. The molecule has 2 heterocycles. The van der Waals surface area contributed by atoms with E-state index < -0.39 is 15.8 Å². The van der Waals surface area contributed by atoms with E-state index in [2.05, 4.69) is 31.9 Å². The van der Waals surface area contributed by atoms with Gasteiger partial charge in [-0.3, -0.25) is 0 Å². The zero-order valence-electron chi connectivity index (χ0n) is 23.0. The lowest BCUT2D eigenvalue weighted by atomic mass is 9.69. The molecule has 208 valence electrons. The fraction of sp³-hybridized carbons (Fsp3) is 0.433. The number of rotatable bonds is 8. The van der Waals surface area contributed by atoms with Gasteiger partial charge < -0.3 is 9.47 Å². The average Bonchev–Trinajstić information content (AvgIpc) is 3.31. The van der Waals surface area contributed by atoms with E-state index >= 15 is 0 Å². The second-order valence-corrected chi connectivity index (χ2v) is 13.5. The average molecular weight is 555 g/mol. The molecule has 39 heavy (non-hydrogen) atoms. The minimum absolute atomic E-state index is 0.0402. The minimum atomic E-state index is -3.45. The molecule has 5 rings (SSSR count). The summed E-state index contributed by atoms with van der Waals surface area (Å²) in [4.78, 5) is 0.416. The lowest BCUT2D eigenvalue weighted by Gasteiger charge is -2.44. The Labute approximate surface area is 231 Å². The van der Waals surface area contributed by atoms with E-state index in [9.17, 15) is 13.2 Å². The summed E-state index contributed by atoms with van der Waals surface area (Å²) < 4.78 is 53.6. The Balaban J connectivity index is 1.46. The van der Waals surface area contributed by atoms with Crippen molar-refractivity contribution in [3.05, 3.63) is 82.9 Å². The van der Waals surface area contributed by atoms with Gasteiger partial charge in [-0.2, -0.15) is 9.65 Å². The van der Waals surface area contributed by atoms with Crippen LogP contribution in [0.5, 0.6) is 0 Å². The van der Waals surface area contributed by atoms with Gasteiger partial charge in [-0.25, -0.2) is 9.07 Å². The number of methoxy groups -OCH3 is 1. The SMILES string of the molecule is COCCOC[C@]12Cc3cnn(-c4ccc(F)cc4)c3C=C1CCN([S+](=O)(O)c1ccc(C(C)(C)C)cc1)C2. The van der Waals surface area contributed by atoms with Crippen molar-refractivity contribution in [2.75, 3.05) is 40.0 Å². The van der Waals surface area contributed by atoms with E-state index in [1.807, 2.05) is 23.0 Å². The summed E-state index contributed by atoms with van der Waals surface area (Å²) in [6.45, 7) is 8.52. The molecule has 0 amide bonds. The molecule has 0 spiro atoms. The summed E-state index contributed by atoms with van der Waals surface area (Å²) in [5.74, 6) is -0.293. The van der Waals surface area contributed by atoms with E-state index in [4.69, 9.17) is 9.47 Å². The van der Waals surface area contributed by atoms with Crippen molar-refractivity contribution in [3.63, 3.8) is 0 Å². The molecular formula is C30H37FN3O4S+. The molecule has 0 saturated carbocycles. The highest BCUT2D eigenvalue weighted by molar-refractivity contribution is 7.95. The summed E-state index contributed by atoms with van der Waals surface area (Å²) in [6.07, 6.45) is 5.23. The third-order valence-electron chi connectivity index (χ3n) is 7.78. The molecule has 3 aromatic rings. The van der Waals surface area contributed by atoms with Gasteiger partial charge in [0.25, 0.3) is 0 Å². The molecule has 1 unspecified atom stereocenters. The molecule has 0 bridgehead atoms. The van der Waals surface area contributed by atoms with Crippen molar-refractivity contribution in [2.24, 2.45) is 5.41 Å². The van der Waals surface area contributed by atoms with Gasteiger partial charge in [0, 0.05) is 12.5 Å². The number of piperidine rings is 1. The molecule has 7 nitrogen and oxygen atoms in total. The maximum atomic E-state index is 13.9. The van der Waals surface area contributed by atoms with Gasteiger partial charge in [0.05, 0.1) is 50.5 Å². The van der Waals surface area contributed by atoms with Gasteiger partial charge >= 0.3 is 10.4 Å². The highest BCUT2D eigenvalue weighted by Crippen LogP contribution is 2.46. The lowest BCUT2D eigenvalue weighted by molar-refractivity contribution is 0.0140. The Morgan fingerprint density at radius 2 is 1.82 bits per heavy atom. The van der Waals surface area contributed by atoms with Crippen molar-refractivity contribution < 1.29 is 22.6 Å². The van der Waals surface area contributed by atoms with Crippen LogP contribution in [-0.4, -0.2) is 58.7 Å². The van der Waals surface area contributed by atoms with Crippen LogP contribution in [0, 0.1) is 11.2 Å². The predicted octanol–water partition coefficient (Wildman–Crippen LogP) is 5.55. The van der Waals surface area contributed by atoms with Crippen molar-refractivity contribution in [1.82, 2.24) is 14.1 Å². The molecule has 0 radical (unpaired) electrons. The minimum Gasteiger partial charge on any atom is -0.382 e. The molecule has 1 aromatic heterocycles. The summed E-state index contributed by atoms with van der Waals surface area (Å²) in [7, 11) is -1.81. The Kier molecular flexibility index (Phi) is 7.65. The van der Waals surface area contributed by atoms with Gasteiger partial charge in [-0.1, -0.05) is 42.8 Å². The highest BCUT2D eigenvalue weighted by atomic mass is 32.3. The second-order valence-electron chi connectivity index (χ2n) is 11.5. The first-order valence-corrected chi connectivity index (χ1v) is 14.7. The van der Waals surface area contributed by atoms with Gasteiger partial charge in [-0.15, -0.1) is 0 Å². The summed E-state index contributed by atoms with van der Waals surface area (Å²) in [5.41, 5.74) is 4.54. The monoisotopic (exact) mass is 554 g/mol. The largest absolute Gasteiger partial charge is 0.382 e. The number of nitrogens with zero attached hydrogens (tertiary/aromatic N) is 3. The van der Waals surface area contributed by atoms with Crippen LogP contribution in [0.3, 0.4) is 0 Å².